The molecule has 0 radical (unpaired) electrons. The van der Waals surface area contributed by atoms with Crippen LogP contribution in [0.1, 0.15) is 26.2 Å². The average molecular weight is 220 g/mol. The van der Waals surface area contributed by atoms with Crippen LogP contribution < -0.4 is 0 Å². The summed E-state index contributed by atoms with van der Waals surface area (Å²) in [6.07, 6.45) is 4.22. The van der Waals surface area contributed by atoms with Gasteiger partial charge in [0.05, 0.1) is 0 Å². The van der Waals surface area contributed by atoms with Crippen LogP contribution in [0, 0.1) is 5.92 Å². The molecule has 0 atom stereocenters. The third kappa shape index (κ3) is 3.12. The van der Waals surface area contributed by atoms with Crippen LogP contribution in [-0.2, 0) is 0 Å². The summed E-state index contributed by atoms with van der Waals surface area (Å²) in [4.78, 5) is 2.56. The molecular weight excluding hydrogens is 202 g/mol. The van der Waals surface area contributed by atoms with Crippen molar-refractivity contribution >= 4 is 15.9 Å². The second kappa shape index (κ2) is 5.15. The monoisotopic (exact) mass is 219 g/mol. The summed E-state index contributed by atoms with van der Waals surface area (Å²) in [5.74, 6) is 1.02. The van der Waals surface area contributed by atoms with Crippen LogP contribution in [0.2, 0.25) is 0 Å². The van der Waals surface area contributed by atoms with E-state index in [-0.39, 0.29) is 0 Å². The van der Waals surface area contributed by atoms with E-state index in [0.29, 0.717) is 0 Å². The van der Waals surface area contributed by atoms with Crippen molar-refractivity contribution in [2.24, 2.45) is 5.92 Å². The first-order valence-electron chi connectivity index (χ1n) is 4.65. The van der Waals surface area contributed by atoms with Gasteiger partial charge in [0.2, 0.25) is 0 Å². The first-order valence-corrected chi connectivity index (χ1v) is 5.77. The Balaban J connectivity index is 2.14. The SMILES string of the molecule is CCC1CCN(CCBr)CC1. The fourth-order valence-electron chi connectivity index (χ4n) is 1.74. The number of nitrogens with zero attached hydrogens (tertiary/aromatic N) is 1. The van der Waals surface area contributed by atoms with Crippen LogP contribution in [0.25, 0.3) is 0 Å². The van der Waals surface area contributed by atoms with Crippen molar-refractivity contribution in [3.63, 3.8) is 0 Å². The fraction of sp³-hybridized carbons (Fsp3) is 1.00. The molecule has 2 heteroatoms. The number of hydrogen-bond acceptors (Lipinski definition) is 1. The second-order valence-corrected chi connectivity index (χ2v) is 4.18. The highest BCUT2D eigenvalue weighted by molar-refractivity contribution is 9.09. The van der Waals surface area contributed by atoms with E-state index in [2.05, 4.69) is 27.8 Å². The number of rotatable bonds is 3. The van der Waals surface area contributed by atoms with Gasteiger partial charge in [-0.25, -0.2) is 0 Å². The minimum atomic E-state index is 1.02. The molecule has 0 unspecified atom stereocenters. The van der Waals surface area contributed by atoms with Crippen LogP contribution in [0.15, 0.2) is 0 Å². The topological polar surface area (TPSA) is 3.24 Å². The van der Waals surface area contributed by atoms with Gasteiger partial charge in [0.25, 0.3) is 0 Å². The van der Waals surface area contributed by atoms with E-state index in [4.69, 9.17) is 0 Å². The smallest absolute Gasteiger partial charge is 0.0159 e. The van der Waals surface area contributed by atoms with Gasteiger partial charge < -0.3 is 4.90 Å². The van der Waals surface area contributed by atoms with Crippen LogP contribution in [0.3, 0.4) is 0 Å². The molecule has 0 aromatic carbocycles. The van der Waals surface area contributed by atoms with Crippen LogP contribution in [0.5, 0.6) is 0 Å². The van der Waals surface area contributed by atoms with E-state index >= 15 is 0 Å². The largest absolute Gasteiger partial charge is 0.302 e. The maximum absolute atomic E-state index is 3.48. The number of alkyl halides is 1. The molecule has 66 valence electrons. The lowest BCUT2D eigenvalue weighted by Gasteiger charge is -2.30. The average Bonchev–Trinajstić information content (AvgIpc) is 2.07. The van der Waals surface area contributed by atoms with E-state index in [9.17, 15) is 0 Å². The lowest BCUT2D eigenvalue weighted by atomic mass is 9.95. The molecule has 11 heavy (non-hydrogen) atoms. The number of likely N-dealkylation sites (tertiary alicyclic amines) is 1. The fourth-order valence-corrected chi connectivity index (χ4v) is 2.24. The van der Waals surface area contributed by atoms with Crippen molar-refractivity contribution in [3.8, 4) is 0 Å². The van der Waals surface area contributed by atoms with Gasteiger partial charge in [-0.05, 0) is 31.8 Å². The third-order valence-electron chi connectivity index (χ3n) is 2.69. The molecule has 1 fully saturated rings. The van der Waals surface area contributed by atoms with Crippen molar-refractivity contribution in [2.75, 3.05) is 25.0 Å². The lowest BCUT2D eigenvalue weighted by Crippen LogP contribution is -2.34. The zero-order valence-electron chi connectivity index (χ0n) is 7.35. The van der Waals surface area contributed by atoms with Gasteiger partial charge in [0, 0.05) is 11.9 Å². The highest BCUT2D eigenvalue weighted by atomic mass is 79.9. The highest BCUT2D eigenvalue weighted by Crippen LogP contribution is 2.19. The highest BCUT2D eigenvalue weighted by Gasteiger charge is 2.16. The molecule has 0 bridgehead atoms. The van der Waals surface area contributed by atoms with E-state index in [0.717, 1.165) is 11.2 Å². The molecule has 0 amide bonds. The van der Waals surface area contributed by atoms with Gasteiger partial charge in [0.1, 0.15) is 0 Å². The van der Waals surface area contributed by atoms with Crippen molar-refractivity contribution in [3.05, 3.63) is 0 Å². The van der Waals surface area contributed by atoms with Gasteiger partial charge in [-0.1, -0.05) is 29.3 Å². The molecule has 1 aliphatic rings. The minimum Gasteiger partial charge on any atom is -0.302 e. The summed E-state index contributed by atoms with van der Waals surface area (Å²) in [7, 11) is 0. The summed E-state index contributed by atoms with van der Waals surface area (Å²) in [6, 6.07) is 0. The van der Waals surface area contributed by atoms with Crippen LogP contribution in [-0.4, -0.2) is 29.9 Å². The third-order valence-corrected chi connectivity index (χ3v) is 3.04. The van der Waals surface area contributed by atoms with Gasteiger partial charge >= 0.3 is 0 Å². The van der Waals surface area contributed by atoms with E-state index in [1.165, 1.54) is 38.9 Å². The number of halogens is 1. The molecule has 0 spiro atoms. The van der Waals surface area contributed by atoms with E-state index in [1.54, 1.807) is 0 Å². The molecule has 1 heterocycles. The molecule has 0 N–H and O–H groups in total. The standard InChI is InChI=1S/C9H18BrN/c1-2-9-3-6-11(7-4-9)8-5-10/h9H,2-8H2,1H3. The predicted molar refractivity (Wildman–Crippen MR) is 53.2 cm³/mol. The quantitative estimate of drug-likeness (QED) is 0.660. The zero-order valence-corrected chi connectivity index (χ0v) is 8.94. The van der Waals surface area contributed by atoms with Crippen LogP contribution >= 0.6 is 15.9 Å². The maximum Gasteiger partial charge on any atom is 0.0159 e. The Morgan fingerprint density at radius 3 is 2.45 bits per heavy atom. The Hall–Kier alpha value is 0.440. The normalized spacial score (nSPS) is 22.4. The summed E-state index contributed by atoms with van der Waals surface area (Å²) < 4.78 is 0. The van der Waals surface area contributed by atoms with Crippen molar-refractivity contribution in [1.29, 1.82) is 0 Å². The molecule has 1 nitrogen and oxygen atoms in total. The molecule has 0 saturated carbocycles. The molecule has 0 aromatic rings. The second-order valence-electron chi connectivity index (χ2n) is 3.38. The van der Waals surface area contributed by atoms with Crippen molar-refractivity contribution < 1.29 is 0 Å². The zero-order chi connectivity index (χ0) is 8.10. The number of piperidine rings is 1. The predicted octanol–water partition coefficient (Wildman–Crippen LogP) is 2.50. The Morgan fingerprint density at radius 2 is 2.00 bits per heavy atom. The molecule has 1 rings (SSSR count). The minimum absolute atomic E-state index is 1.02. The Labute approximate surface area is 78.3 Å². The molecule has 1 saturated heterocycles. The van der Waals surface area contributed by atoms with E-state index < -0.39 is 0 Å². The summed E-state index contributed by atoms with van der Waals surface area (Å²) in [5.41, 5.74) is 0. The summed E-state index contributed by atoms with van der Waals surface area (Å²) in [6.45, 7) is 6.19. The van der Waals surface area contributed by atoms with Gasteiger partial charge in [-0.3, -0.25) is 0 Å². The first-order chi connectivity index (χ1) is 5.36. The summed E-state index contributed by atoms with van der Waals surface area (Å²) in [5, 5.41) is 1.13. The molecule has 0 aromatic heterocycles. The van der Waals surface area contributed by atoms with Crippen LogP contribution in [0.4, 0.5) is 0 Å². The van der Waals surface area contributed by atoms with Gasteiger partial charge in [0.15, 0.2) is 0 Å². The van der Waals surface area contributed by atoms with Crippen molar-refractivity contribution in [2.45, 2.75) is 26.2 Å². The molecular formula is C9H18BrN. The number of hydrogen-bond donors (Lipinski definition) is 0. The van der Waals surface area contributed by atoms with Crippen molar-refractivity contribution in [1.82, 2.24) is 4.90 Å². The summed E-state index contributed by atoms with van der Waals surface area (Å²) >= 11 is 3.48. The Bertz CT molecular complexity index is 97.7. The van der Waals surface area contributed by atoms with E-state index in [1.807, 2.05) is 0 Å². The Morgan fingerprint density at radius 1 is 1.36 bits per heavy atom. The molecule has 0 aliphatic carbocycles. The van der Waals surface area contributed by atoms with Gasteiger partial charge in [-0.2, -0.15) is 0 Å². The lowest BCUT2D eigenvalue weighted by molar-refractivity contribution is 0.191. The first kappa shape index (κ1) is 9.53. The molecule has 1 aliphatic heterocycles. The van der Waals surface area contributed by atoms with Gasteiger partial charge in [-0.15, -0.1) is 0 Å². The maximum atomic E-state index is 3.48. The Kier molecular flexibility index (Phi) is 4.46.